The first-order valence-electron chi connectivity index (χ1n) is 4.03. The summed E-state index contributed by atoms with van der Waals surface area (Å²) >= 11 is 5.02. The molecule has 0 aromatic heterocycles. The monoisotopic (exact) mass is 274 g/mol. The second kappa shape index (κ2) is 4.84. The lowest BCUT2D eigenvalue weighted by molar-refractivity contribution is 0.0599. The first kappa shape index (κ1) is 11.6. The summed E-state index contributed by atoms with van der Waals surface area (Å²) in [5.74, 6) is -0.313. The Kier molecular flexibility index (Phi) is 4.01. The van der Waals surface area contributed by atoms with Gasteiger partial charge in [-0.1, -0.05) is 6.07 Å². The number of hydrogen-bond acceptors (Lipinski definition) is 3. The normalized spacial score (nSPS) is 10.0. The van der Waals surface area contributed by atoms with Crippen molar-refractivity contribution in [1.29, 1.82) is 0 Å². The van der Waals surface area contributed by atoms with E-state index in [4.69, 9.17) is 0 Å². The second-order valence-corrected chi connectivity index (χ2v) is 4.38. The van der Waals surface area contributed by atoms with Crippen LogP contribution < -0.4 is 0 Å². The molecule has 2 nitrogen and oxygen atoms in total. The maximum atomic E-state index is 11.4. The molecule has 4 heteroatoms. The van der Waals surface area contributed by atoms with E-state index in [1.807, 2.05) is 19.2 Å². The van der Waals surface area contributed by atoms with Crippen molar-refractivity contribution < 1.29 is 9.53 Å². The van der Waals surface area contributed by atoms with Crippen molar-refractivity contribution in [2.45, 2.75) is 11.8 Å². The third-order valence-electron chi connectivity index (χ3n) is 1.90. The van der Waals surface area contributed by atoms with Gasteiger partial charge in [-0.15, -0.1) is 11.8 Å². The molecule has 1 rings (SSSR count). The molecule has 76 valence electrons. The van der Waals surface area contributed by atoms with Crippen LogP contribution in [0.5, 0.6) is 0 Å². The van der Waals surface area contributed by atoms with Gasteiger partial charge in [-0.05, 0) is 40.7 Å². The fraction of sp³-hybridized carbons (Fsp3) is 0.300. The lowest BCUT2D eigenvalue weighted by atomic mass is 10.1. The van der Waals surface area contributed by atoms with E-state index in [1.54, 1.807) is 17.8 Å². The highest BCUT2D eigenvalue weighted by Crippen LogP contribution is 2.32. The van der Waals surface area contributed by atoms with E-state index in [-0.39, 0.29) is 5.97 Å². The van der Waals surface area contributed by atoms with Crippen molar-refractivity contribution in [1.82, 2.24) is 0 Å². The SMILES string of the molecule is COC(=O)c1ccc(C)c(SC)c1Br. The predicted octanol–water partition coefficient (Wildman–Crippen LogP) is 3.27. The molecular weight excluding hydrogens is 264 g/mol. The van der Waals surface area contributed by atoms with E-state index in [1.165, 1.54) is 7.11 Å². The summed E-state index contributed by atoms with van der Waals surface area (Å²) in [5, 5.41) is 0. The Morgan fingerprint density at radius 3 is 2.64 bits per heavy atom. The quantitative estimate of drug-likeness (QED) is 0.612. The molecule has 0 spiro atoms. The summed E-state index contributed by atoms with van der Waals surface area (Å²) in [6.45, 7) is 2.01. The summed E-state index contributed by atoms with van der Waals surface area (Å²) < 4.78 is 5.49. The van der Waals surface area contributed by atoms with Crippen LogP contribution in [-0.2, 0) is 4.74 Å². The number of ether oxygens (including phenoxy) is 1. The molecule has 0 aliphatic rings. The molecule has 0 N–H and O–H groups in total. The third kappa shape index (κ3) is 2.12. The van der Waals surface area contributed by atoms with Crippen molar-refractivity contribution in [3.63, 3.8) is 0 Å². The molecule has 0 saturated heterocycles. The Labute approximate surface area is 96.2 Å². The zero-order valence-electron chi connectivity index (χ0n) is 8.26. The average Bonchev–Trinajstić information content (AvgIpc) is 2.18. The Bertz CT molecular complexity index is 363. The molecule has 1 aromatic rings. The Balaban J connectivity index is 3.28. The van der Waals surface area contributed by atoms with Gasteiger partial charge in [-0.3, -0.25) is 0 Å². The van der Waals surface area contributed by atoms with Gasteiger partial charge >= 0.3 is 5.97 Å². The van der Waals surface area contributed by atoms with Gasteiger partial charge in [0.25, 0.3) is 0 Å². The molecule has 0 saturated carbocycles. The number of carbonyl (C=O) groups excluding carboxylic acids is 1. The highest BCUT2D eigenvalue weighted by atomic mass is 79.9. The first-order valence-corrected chi connectivity index (χ1v) is 6.05. The lowest BCUT2D eigenvalue weighted by Crippen LogP contribution is -2.03. The van der Waals surface area contributed by atoms with E-state index in [9.17, 15) is 4.79 Å². The smallest absolute Gasteiger partial charge is 0.339 e. The minimum atomic E-state index is -0.313. The molecule has 0 aliphatic carbocycles. The van der Waals surface area contributed by atoms with Gasteiger partial charge in [0, 0.05) is 9.37 Å². The summed E-state index contributed by atoms with van der Waals surface area (Å²) in [5.41, 5.74) is 1.72. The first-order chi connectivity index (χ1) is 6.61. The molecular formula is C10H11BrO2S. The van der Waals surface area contributed by atoms with Gasteiger partial charge in [0.15, 0.2) is 0 Å². The number of rotatable bonds is 2. The van der Waals surface area contributed by atoms with Gasteiger partial charge in [0.05, 0.1) is 12.7 Å². The second-order valence-electron chi connectivity index (χ2n) is 2.77. The van der Waals surface area contributed by atoms with Gasteiger partial charge < -0.3 is 4.74 Å². The summed E-state index contributed by atoms with van der Waals surface area (Å²) in [6.07, 6.45) is 1.98. The zero-order valence-corrected chi connectivity index (χ0v) is 10.7. The van der Waals surface area contributed by atoms with Crippen LogP contribution in [0.1, 0.15) is 15.9 Å². The fourth-order valence-electron chi connectivity index (χ4n) is 1.17. The van der Waals surface area contributed by atoms with Gasteiger partial charge in [-0.25, -0.2) is 4.79 Å². The van der Waals surface area contributed by atoms with Crippen molar-refractivity contribution in [3.05, 3.63) is 27.7 Å². The van der Waals surface area contributed by atoms with Crippen molar-refractivity contribution in [2.75, 3.05) is 13.4 Å². The van der Waals surface area contributed by atoms with Crippen LogP contribution in [0.4, 0.5) is 0 Å². The van der Waals surface area contributed by atoms with Crippen LogP contribution in [0.2, 0.25) is 0 Å². The number of thioether (sulfide) groups is 1. The molecule has 0 heterocycles. The minimum absolute atomic E-state index is 0.313. The van der Waals surface area contributed by atoms with E-state index >= 15 is 0 Å². The maximum absolute atomic E-state index is 11.4. The summed E-state index contributed by atoms with van der Waals surface area (Å²) in [4.78, 5) is 12.4. The van der Waals surface area contributed by atoms with Crippen LogP contribution in [0.25, 0.3) is 0 Å². The van der Waals surface area contributed by atoms with Crippen LogP contribution in [0.15, 0.2) is 21.5 Å². The molecule has 0 unspecified atom stereocenters. The zero-order chi connectivity index (χ0) is 10.7. The van der Waals surface area contributed by atoms with E-state index in [0.717, 1.165) is 14.9 Å². The van der Waals surface area contributed by atoms with E-state index in [0.29, 0.717) is 5.56 Å². The van der Waals surface area contributed by atoms with Crippen molar-refractivity contribution in [2.24, 2.45) is 0 Å². The highest BCUT2D eigenvalue weighted by Gasteiger charge is 2.14. The largest absolute Gasteiger partial charge is 0.465 e. The Morgan fingerprint density at radius 2 is 2.14 bits per heavy atom. The van der Waals surface area contributed by atoms with Crippen molar-refractivity contribution in [3.8, 4) is 0 Å². The lowest BCUT2D eigenvalue weighted by Gasteiger charge is -2.09. The third-order valence-corrected chi connectivity index (χ3v) is 3.92. The van der Waals surface area contributed by atoms with Crippen LogP contribution in [0, 0.1) is 6.92 Å². The van der Waals surface area contributed by atoms with Crippen molar-refractivity contribution >= 4 is 33.7 Å². The molecule has 0 aliphatic heterocycles. The standard InChI is InChI=1S/C10H11BrO2S/c1-6-4-5-7(10(12)13-2)8(11)9(6)14-3/h4-5H,1-3H3. The molecule has 14 heavy (non-hydrogen) atoms. The van der Waals surface area contributed by atoms with Gasteiger partial charge in [0.1, 0.15) is 0 Å². The number of esters is 1. The van der Waals surface area contributed by atoms with E-state index < -0.39 is 0 Å². The summed E-state index contributed by atoms with van der Waals surface area (Å²) in [7, 11) is 1.38. The number of methoxy groups -OCH3 is 1. The Hall–Kier alpha value is -0.480. The van der Waals surface area contributed by atoms with Gasteiger partial charge in [0.2, 0.25) is 0 Å². The number of carbonyl (C=O) groups is 1. The Morgan fingerprint density at radius 1 is 1.50 bits per heavy atom. The maximum Gasteiger partial charge on any atom is 0.339 e. The fourth-order valence-corrected chi connectivity index (χ4v) is 2.94. The minimum Gasteiger partial charge on any atom is -0.465 e. The predicted molar refractivity (Wildman–Crippen MR) is 62.0 cm³/mol. The molecule has 0 atom stereocenters. The number of hydrogen-bond donors (Lipinski definition) is 0. The number of benzene rings is 1. The average molecular weight is 275 g/mol. The number of halogens is 1. The van der Waals surface area contributed by atoms with Gasteiger partial charge in [-0.2, -0.15) is 0 Å². The number of aryl methyl sites for hydroxylation is 1. The van der Waals surface area contributed by atoms with E-state index in [2.05, 4.69) is 20.7 Å². The molecule has 0 bridgehead atoms. The highest BCUT2D eigenvalue weighted by molar-refractivity contribution is 9.10. The molecule has 0 amide bonds. The van der Waals surface area contributed by atoms with Crippen LogP contribution in [-0.4, -0.2) is 19.3 Å². The molecule has 0 fully saturated rings. The van der Waals surface area contributed by atoms with Crippen LogP contribution >= 0.6 is 27.7 Å². The van der Waals surface area contributed by atoms with Crippen LogP contribution in [0.3, 0.4) is 0 Å². The molecule has 0 radical (unpaired) electrons. The molecule has 1 aromatic carbocycles. The summed E-state index contributed by atoms with van der Waals surface area (Å²) in [6, 6.07) is 3.69. The topological polar surface area (TPSA) is 26.3 Å².